The molecule has 1 aliphatic rings. The standard InChI is InChI=1S/C18H28N2O3/c1-4-20-12-8-9-14(20)13-19-18(21)17-15(22-5-2)10-7-11-16(17)23-6-3/h7,10-11,14H,4-6,8-9,12-13H2,1-3H3,(H,19,21)/t14-/m0/s1. The average Bonchev–Trinajstić information content (AvgIpc) is 3.01. The maximum absolute atomic E-state index is 12.7. The Morgan fingerprint density at radius 3 is 2.43 bits per heavy atom. The minimum Gasteiger partial charge on any atom is -0.493 e. The Kier molecular flexibility index (Phi) is 6.71. The molecule has 1 aromatic rings. The van der Waals surface area contributed by atoms with Crippen molar-refractivity contribution in [2.75, 3.05) is 32.8 Å². The quantitative estimate of drug-likeness (QED) is 0.800. The summed E-state index contributed by atoms with van der Waals surface area (Å²) in [6.07, 6.45) is 2.34. The van der Waals surface area contributed by atoms with Gasteiger partial charge in [-0.05, 0) is 51.9 Å². The van der Waals surface area contributed by atoms with E-state index in [9.17, 15) is 4.79 Å². The molecule has 1 aromatic carbocycles. The van der Waals surface area contributed by atoms with Crippen molar-refractivity contribution in [3.63, 3.8) is 0 Å². The second-order valence-corrected chi connectivity index (χ2v) is 5.63. The van der Waals surface area contributed by atoms with E-state index in [1.165, 1.54) is 6.42 Å². The van der Waals surface area contributed by atoms with Crippen LogP contribution in [0.3, 0.4) is 0 Å². The van der Waals surface area contributed by atoms with Crippen LogP contribution >= 0.6 is 0 Å². The van der Waals surface area contributed by atoms with Gasteiger partial charge >= 0.3 is 0 Å². The normalized spacial score (nSPS) is 18.0. The Hall–Kier alpha value is -1.75. The van der Waals surface area contributed by atoms with E-state index in [1.54, 1.807) is 0 Å². The Labute approximate surface area is 139 Å². The maximum Gasteiger partial charge on any atom is 0.258 e. The molecule has 0 saturated carbocycles. The fraction of sp³-hybridized carbons (Fsp3) is 0.611. The molecule has 5 heteroatoms. The lowest BCUT2D eigenvalue weighted by atomic mass is 10.1. The maximum atomic E-state index is 12.7. The zero-order chi connectivity index (χ0) is 16.7. The van der Waals surface area contributed by atoms with Gasteiger partial charge in [-0.15, -0.1) is 0 Å². The van der Waals surface area contributed by atoms with Gasteiger partial charge in [0, 0.05) is 12.6 Å². The number of hydrogen-bond acceptors (Lipinski definition) is 4. The molecule has 5 nitrogen and oxygen atoms in total. The van der Waals surface area contributed by atoms with Crippen molar-refractivity contribution in [3.8, 4) is 11.5 Å². The molecule has 0 radical (unpaired) electrons. The summed E-state index contributed by atoms with van der Waals surface area (Å²) in [4.78, 5) is 15.1. The molecule has 2 rings (SSSR count). The van der Waals surface area contributed by atoms with Crippen LogP contribution in [0.15, 0.2) is 18.2 Å². The molecule has 1 heterocycles. The molecule has 0 aliphatic carbocycles. The van der Waals surface area contributed by atoms with Gasteiger partial charge in [-0.2, -0.15) is 0 Å². The zero-order valence-electron chi connectivity index (χ0n) is 14.4. The van der Waals surface area contributed by atoms with Gasteiger partial charge in [-0.3, -0.25) is 9.69 Å². The Morgan fingerprint density at radius 2 is 1.87 bits per heavy atom. The highest BCUT2D eigenvalue weighted by Crippen LogP contribution is 2.29. The summed E-state index contributed by atoms with van der Waals surface area (Å²) in [6, 6.07) is 5.91. The van der Waals surface area contributed by atoms with E-state index in [1.807, 2.05) is 32.0 Å². The fourth-order valence-corrected chi connectivity index (χ4v) is 3.13. The third kappa shape index (κ3) is 4.38. The Morgan fingerprint density at radius 1 is 1.22 bits per heavy atom. The topological polar surface area (TPSA) is 50.8 Å². The lowest BCUT2D eigenvalue weighted by Gasteiger charge is -2.23. The van der Waals surface area contributed by atoms with E-state index in [4.69, 9.17) is 9.47 Å². The monoisotopic (exact) mass is 320 g/mol. The summed E-state index contributed by atoms with van der Waals surface area (Å²) in [5, 5.41) is 3.06. The first-order valence-electron chi connectivity index (χ1n) is 8.62. The third-order valence-electron chi connectivity index (χ3n) is 4.22. The fourth-order valence-electron chi connectivity index (χ4n) is 3.13. The number of hydrogen-bond donors (Lipinski definition) is 1. The van der Waals surface area contributed by atoms with Gasteiger partial charge in [0.1, 0.15) is 17.1 Å². The van der Waals surface area contributed by atoms with Gasteiger partial charge < -0.3 is 14.8 Å². The number of carbonyl (C=O) groups excluding carboxylic acids is 1. The number of benzene rings is 1. The number of rotatable bonds is 8. The van der Waals surface area contributed by atoms with Crippen LogP contribution < -0.4 is 14.8 Å². The van der Waals surface area contributed by atoms with Crippen molar-refractivity contribution in [3.05, 3.63) is 23.8 Å². The van der Waals surface area contributed by atoms with Crippen molar-refractivity contribution in [2.45, 2.75) is 39.7 Å². The second-order valence-electron chi connectivity index (χ2n) is 5.63. The van der Waals surface area contributed by atoms with Gasteiger partial charge in [0.25, 0.3) is 5.91 Å². The number of carbonyl (C=O) groups is 1. The number of likely N-dealkylation sites (N-methyl/N-ethyl adjacent to an activating group) is 1. The Bertz CT molecular complexity index is 495. The van der Waals surface area contributed by atoms with Crippen LogP contribution in [0.4, 0.5) is 0 Å². The molecule has 0 bridgehead atoms. The third-order valence-corrected chi connectivity index (χ3v) is 4.22. The van der Waals surface area contributed by atoms with E-state index < -0.39 is 0 Å². The molecular formula is C18H28N2O3. The molecule has 23 heavy (non-hydrogen) atoms. The molecule has 0 aromatic heterocycles. The number of nitrogens with zero attached hydrogens (tertiary/aromatic N) is 1. The number of ether oxygens (including phenoxy) is 2. The van der Waals surface area contributed by atoms with Crippen LogP contribution in [0.25, 0.3) is 0 Å². The van der Waals surface area contributed by atoms with Crippen molar-refractivity contribution >= 4 is 5.91 Å². The summed E-state index contributed by atoms with van der Waals surface area (Å²) < 4.78 is 11.2. The first-order chi connectivity index (χ1) is 11.2. The minimum atomic E-state index is -0.125. The van der Waals surface area contributed by atoms with E-state index in [0.717, 1.165) is 19.5 Å². The van der Waals surface area contributed by atoms with E-state index in [-0.39, 0.29) is 5.91 Å². The van der Waals surface area contributed by atoms with Crippen molar-refractivity contribution < 1.29 is 14.3 Å². The first-order valence-corrected chi connectivity index (χ1v) is 8.62. The second kappa shape index (κ2) is 8.77. The smallest absolute Gasteiger partial charge is 0.258 e. The van der Waals surface area contributed by atoms with Crippen molar-refractivity contribution in [1.29, 1.82) is 0 Å². The highest BCUT2D eigenvalue weighted by Gasteiger charge is 2.25. The highest BCUT2D eigenvalue weighted by molar-refractivity contribution is 5.99. The predicted molar refractivity (Wildman–Crippen MR) is 91.4 cm³/mol. The molecule has 0 spiro atoms. The van der Waals surface area contributed by atoms with Crippen LogP contribution in [0.1, 0.15) is 44.0 Å². The molecule has 1 atom stereocenters. The minimum absolute atomic E-state index is 0.125. The molecule has 0 unspecified atom stereocenters. The molecule has 1 amide bonds. The number of nitrogens with one attached hydrogen (secondary N) is 1. The zero-order valence-corrected chi connectivity index (χ0v) is 14.4. The molecule has 1 saturated heterocycles. The van der Waals surface area contributed by atoms with Gasteiger partial charge in [-0.1, -0.05) is 13.0 Å². The summed E-state index contributed by atoms with van der Waals surface area (Å²) >= 11 is 0. The molecule has 1 aliphatic heterocycles. The van der Waals surface area contributed by atoms with Crippen molar-refractivity contribution in [1.82, 2.24) is 10.2 Å². The largest absolute Gasteiger partial charge is 0.493 e. The van der Waals surface area contributed by atoms with Crippen LogP contribution in [0.2, 0.25) is 0 Å². The van der Waals surface area contributed by atoms with Gasteiger partial charge in [-0.25, -0.2) is 0 Å². The van der Waals surface area contributed by atoms with Gasteiger partial charge in [0.05, 0.1) is 13.2 Å². The predicted octanol–water partition coefficient (Wildman–Crippen LogP) is 2.70. The summed E-state index contributed by atoms with van der Waals surface area (Å²) in [6.45, 7) is 9.83. The van der Waals surface area contributed by atoms with E-state index in [2.05, 4.69) is 17.1 Å². The van der Waals surface area contributed by atoms with Gasteiger partial charge in [0.15, 0.2) is 0 Å². The first kappa shape index (κ1) is 17.6. The Balaban J connectivity index is 2.10. The lowest BCUT2D eigenvalue weighted by Crippen LogP contribution is -2.40. The van der Waals surface area contributed by atoms with Crippen LogP contribution in [0.5, 0.6) is 11.5 Å². The summed E-state index contributed by atoms with van der Waals surface area (Å²) in [5.74, 6) is 1.03. The molecule has 1 N–H and O–H groups in total. The number of likely N-dealkylation sites (tertiary alicyclic amines) is 1. The van der Waals surface area contributed by atoms with E-state index in [0.29, 0.717) is 42.9 Å². The number of amides is 1. The molecular weight excluding hydrogens is 292 g/mol. The highest BCUT2D eigenvalue weighted by atomic mass is 16.5. The molecule has 1 fully saturated rings. The van der Waals surface area contributed by atoms with Crippen LogP contribution in [-0.4, -0.2) is 49.7 Å². The van der Waals surface area contributed by atoms with E-state index >= 15 is 0 Å². The van der Waals surface area contributed by atoms with Crippen LogP contribution in [0, 0.1) is 0 Å². The van der Waals surface area contributed by atoms with Crippen LogP contribution in [-0.2, 0) is 0 Å². The SMILES string of the molecule is CCOc1cccc(OCC)c1C(=O)NC[C@@H]1CCCN1CC. The average molecular weight is 320 g/mol. The molecule has 128 valence electrons. The summed E-state index contributed by atoms with van der Waals surface area (Å²) in [7, 11) is 0. The summed E-state index contributed by atoms with van der Waals surface area (Å²) in [5.41, 5.74) is 0.497. The van der Waals surface area contributed by atoms with Crippen molar-refractivity contribution in [2.24, 2.45) is 0 Å². The lowest BCUT2D eigenvalue weighted by molar-refractivity contribution is 0.0933. The van der Waals surface area contributed by atoms with Gasteiger partial charge in [0.2, 0.25) is 0 Å².